The Kier molecular flexibility index (Phi) is 10.3. The van der Waals surface area contributed by atoms with Crippen LogP contribution in [0.1, 0.15) is 22.5 Å². The van der Waals surface area contributed by atoms with Crippen LogP contribution in [0.2, 0.25) is 0 Å². The highest BCUT2D eigenvalue weighted by atomic mass is 19.4. The summed E-state index contributed by atoms with van der Waals surface area (Å²) in [6, 6.07) is 10.4. The van der Waals surface area contributed by atoms with E-state index in [1.165, 1.54) is 30.2 Å². The number of nitrogens with one attached hydrogen (secondary N) is 2. The van der Waals surface area contributed by atoms with E-state index in [1.54, 1.807) is 38.4 Å². The van der Waals surface area contributed by atoms with Gasteiger partial charge in [-0.15, -0.1) is 0 Å². The molecule has 2 heterocycles. The summed E-state index contributed by atoms with van der Waals surface area (Å²) in [7, 11) is 4.70. The minimum Gasteiger partial charge on any atom is -0.495 e. The van der Waals surface area contributed by atoms with Gasteiger partial charge in [0, 0.05) is 50.2 Å². The Bertz CT molecular complexity index is 1640. The molecule has 0 spiro atoms. The predicted molar refractivity (Wildman–Crippen MR) is 164 cm³/mol. The van der Waals surface area contributed by atoms with Crippen LogP contribution in [0.15, 0.2) is 54.9 Å². The summed E-state index contributed by atoms with van der Waals surface area (Å²) in [6.07, 6.45) is -4.03. The molecule has 240 valence electrons. The van der Waals surface area contributed by atoms with E-state index in [-0.39, 0.29) is 42.5 Å². The van der Waals surface area contributed by atoms with Crippen molar-refractivity contribution < 1.29 is 37.0 Å². The van der Waals surface area contributed by atoms with E-state index < -0.39 is 36.5 Å². The first-order valence-corrected chi connectivity index (χ1v) is 14.1. The Labute approximate surface area is 258 Å². The molecule has 0 saturated carbocycles. The molecule has 4 rings (SSSR count). The average molecular weight is 630 g/mol. The molecule has 1 aliphatic rings. The van der Waals surface area contributed by atoms with Gasteiger partial charge in [0.1, 0.15) is 12.3 Å². The third kappa shape index (κ3) is 8.27. The smallest absolute Gasteiger partial charge is 0.406 e. The third-order valence-corrected chi connectivity index (χ3v) is 7.61. The number of likely N-dealkylation sites (tertiary alicyclic amines) is 1. The first-order chi connectivity index (χ1) is 21.3. The molecule has 0 bridgehead atoms. The van der Waals surface area contributed by atoms with Gasteiger partial charge in [0.05, 0.1) is 48.5 Å². The van der Waals surface area contributed by atoms with Crippen molar-refractivity contribution in [3.05, 3.63) is 66.1 Å². The van der Waals surface area contributed by atoms with Crippen molar-refractivity contribution in [1.82, 2.24) is 14.4 Å². The number of hydrogen-bond donors (Lipinski definition) is 3. The van der Waals surface area contributed by atoms with E-state index in [9.17, 15) is 32.3 Å². The normalized spacial score (nSPS) is 16.9. The van der Waals surface area contributed by atoms with Crippen molar-refractivity contribution in [3.8, 4) is 17.6 Å². The second-order valence-corrected chi connectivity index (χ2v) is 11.0. The number of carbonyl (C=O) groups excluding carboxylic acids is 1. The summed E-state index contributed by atoms with van der Waals surface area (Å²) >= 11 is 0. The Morgan fingerprint density at radius 1 is 1.18 bits per heavy atom. The average Bonchev–Trinajstić information content (AvgIpc) is 3.32. The highest BCUT2D eigenvalue weighted by Crippen LogP contribution is 2.33. The number of carboxylic acid groups (broad SMARTS) is 1. The molecule has 45 heavy (non-hydrogen) atoms. The maximum atomic E-state index is 14.6. The van der Waals surface area contributed by atoms with Gasteiger partial charge in [-0.25, -0.2) is 9.18 Å². The van der Waals surface area contributed by atoms with Crippen LogP contribution in [0.5, 0.6) is 5.75 Å². The fourth-order valence-electron chi connectivity index (χ4n) is 5.29. The van der Waals surface area contributed by atoms with E-state index in [1.807, 2.05) is 4.90 Å². The van der Waals surface area contributed by atoms with Gasteiger partial charge in [0.15, 0.2) is 0 Å². The van der Waals surface area contributed by atoms with Crippen LogP contribution in [-0.4, -0.2) is 91.0 Å². The number of fused-ring (bicyclic) bond motifs is 1. The molecule has 3 N–H and O–H groups in total. The molecule has 1 amide bonds. The second kappa shape index (κ2) is 13.9. The van der Waals surface area contributed by atoms with E-state index in [0.717, 1.165) is 4.57 Å². The minimum absolute atomic E-state index is 0.0383. The molecule has 2 aromatic carbocycles. The van der Waals surface area contributed by atoms with Crippen LogP contribution >= 0.6 is 0 Å². The summed E-state index contributed by atoms with van der Waals surface area (Å²) < 4.78 is 62.0. The van der Waals surface area contributed by atoms with Gasteiger partial charge >= 0.3 is 12.1 Å². The van der Waals surface area contributed by atoms with Gasteiger partial charge in [0.25, 0.3) is 0 Å². The SMILES string of the molecule is C=C(F)C1CN(CC(=O)N(C)C)CC[C@H]1Nc1cccc2c1cc(C#CCNc1ccc(C(=O)O)cc1OC)n2CC(F)(F)F. The number of alkyl halides is 3. The number of amides is 1. The van der Waals surface area contributed by atoms with Crippen LogP contribution in [-0.2, 0) is 11.3 Å². The lowest BCUT2D eigenvalue weighted by Crippen LogP contribution is -2.49. The number of likely N-dealkylation sites (N-methyl/N-ethyl adjacent to an activating group) is 1. The van der Waals surface area contributed by atoms with Gasteiger partial charge in [-0.2, -0.15) is 13.2 Å². The Morgan fingerprint density at radius 2 is 1.93 bits per heavy atom. The monoisotopic (exact) mass is 629 g/mol. The molecule has 1 saturated heterocycles. The highest BCUT2D eigenvalue weighted by molar-refractivity contribution is 5.94. The Hall–Kier alpha value is -4.70. The number of rotatable bonds is 10. The topological polar surface area (TPSA) is 99.1 Å². The van der Waals surface area contributed by atoms with Gasteiger partial charge in [-0.1, -0.05) is 18.6 Å². The molecule has 13 heteroatoms. The zero-order chi connectivity index (χ0) is 32.9. The van der Waals surface area contributed by atoms with Crippen molar-refractivity contribution in [2.75, 3.05) is 58.0 Å². The zero-order valence-electron chi connectivity index (χ0n) is 25.2. The number of aromatic carboxylic acids is 1. The lowest BCUT2D eigenvalue weighted by molar-refractivity contribution is -0.140. The molecule has 0 aliphatic carbocycles. The summed E-state index contributed by atoms with van der Waals surface area (Å²) in [5.74, 6) is 3.56. The highest BCUT2D eigenvalue weighted by Gasteiger charge is 2.34. The number of piperidine rings is 1. The van der Waals surface area contributed by atoms with Gasteiger partial charge in [0.2, 0.25) is 5.91 Å². The number of hydrogen-bond acceptors (Lipinski definition) is 6. The number of nitrogens with zero attached hydrogens (tertiary/aromatic N) is 3. The van der Waals surface area contributed by atoms with Gasteiger partial charge in [-0.3, -0.25) is 9.69 Å². The van der Waals surface area contributed by atoms with E-state index in [2.05, 4.69) is 29.1 Å². The number of methoxy groups -OCH3 is 1. The zero-order valence-corrected chi connectivity index (χ0v) is 25.2. The Balaban J connectivity index is 1.59. The first-order valence-electron chi connectivity index (χ1n) is 14.1. The van der Waals surface area contributed by atoms with Crippen molar-refractivity contribution >= 4 is 34.2 Å². The van der Waals surface area contributed by atoms with Crippen LogP contribution in [0.25, 0.3) is 10.9 Å². The Morgan fingerprint density at radius 3 is 2.58 bits per heavy atom. The van der Waals surface area contributed by atoms with Crippen LogP contribution in [0.4, 0.5) is 28.9 Å². The van der Waals surface area contributed by atoms with Crippen molar-refractivity contribution in [2.24, 2.45) is 5.92 Å². The standard InChI is InChI=1S/C32H35F4N5O4/c1-20(33)24-17-40(18-30(42)39(2)3)14-12-26(24)38-25-8-5-9-28-23(25)16-22(41(28)19-32(34,35)36)7-6-13-37-27-11-10-21(31(43)44)15-29(27)45-4/h5,8-11,15-16,24,26,37-38H,1,12-14,17-19H2,2-4H3,(H,43,44)/t24?,26-/m1/s1. The lowest BCUT2D eigenvalue weighted by Gasteiger charge is -2.38. The van der Waals surface area contributed by atoms with Crippen molar-refractivity contribution in [1.29, 1.82) is 0 Å². The van der Waals surface area contributed by atoms with Crippen molar-refractivity contribution in [3.63, 3.8) is 0 Å². The fourth-order valence-corrected chi connectivity index (χ4v) is 5.29. The molecule has 0 radical (unpaired) electrons. The number of carboxylic acids is 1. The number of benzene rings is 2. The van der Waals surface area contributed by atoms with Gasteiger partial charge in [-0.05, 0) is 48.7 Å². The van der Waals surface area contributed by atoms with Crippen molar-refractivity contribution in [2.45, 2.75) is 25.2 Å². The maximum absolute atomic E-state index is 14.6. The molecule has 1 unspecified atom stereocenters. The van der Waals surface area contributed by atoms with E-state index in [4.69, 9.17) is 4.74 Å². The largest absolute Gasteiger partial charge is 0.495 e. The fraction of sp³-hybridized carbons (Fsp3) is 0.375. The van der Waals surface area contributed by atoms with Crippen LogP contribution < -0.4 is 15.4 Å². The summed E-state index contributed by atoms with van der Waals surface area (Å²) in [5.41, 5.74) is 1.49. The molecular weight excluding hydrogens is 594 g/mol. The van der Waals surface area contributed by atoms with Gasteiger partial charge < -0.3 is 29.9 Å². The number of carbonyl (C=O) groups is 2. The van der Waals surface area contributed by atoms with E-state index in [0.29, 0.717) is 35.2 Å². The van der Waals surface area contributed by atoms with Crippen LogP contribution in [0, 0.1) is 17.8 Å². The summed E-state index contributed by atoms with van der Waals surface area (Å²) in [6.45, 7) is 3.24. The molecule has 3 aromatic rings. The molecule has 9 nitrogen and oxygen atoms in total. The number of ether oxygens (including phenoxy) is 1. The number of aromatic nitrogens is 1. The summed E-state index contributed by atoms with van der Waals surface area (Å²) in [5, 5.41) is 16.0. The number of anilines is 2. The first kappa shape index (κ1) is 33.2. The quantitative estimate of drug-likeness (QED) is 0.213. The maximum Gasteiger partial charge on any atom is 0.406 e. The molecule has 2 atom stereocenters. The molecule has 1 aromatic heterocycles. The predicted octanol–water partition coefficient (Wildman–Crippen LogP) is 5.05. The van der Waals surface area contributed by atoms with E-state index >= 15 is 0 Å². The molecular formula is C32H35F4N5O4. The second-order valence-electron chi connectivity index (χ2n) is 11.0. The lowest BCUT2D eigenvalue weighted by atomic mass is 9.90. The van der Waals surface area contributed by atoms with Crippen LogP contribution in [0.3, 0.4) is 0 Å². The third-order valence-electron chi connectivity index (χ3n) is 7.61. The molecule has 1 aliphatic heterocycles. The molecule has 1 fully saturated rings. The number of halogens is 4. The minimum atomic E-state index is -4.52. The summed E-state index contributed by atoms with van der Waals surface area (Å²) in [4.78, 5) is 26.8.